The van der Waals surface area contributed by atoms with E-state index in [9.17, 15) is 28.8 Å². The summed E-state index contributed by atoms with van der Waals surface area (Å²) >= 11 is 6.62. The van der Waals surface area contributed by atoms with Gasteiger partial charge in [-0.2, -0.15) is 4.98 Å². The van der Waals surface area contributed by atoms with E-state index in [1.165, 1.54) is 14.2 Å². The van der Waals surface area contributed by atoms with Gasteiger partial charge in [-0.25, -0.2) is 4.98 Å². The highest BCUT2D eigenvalue weighted by Crippen LogP contribution is 2.46. The number of likely N-dealkylation sites (tertiary alicyclic amines) is 1. The van der Waals surface area contributed by atoms with Gasteiger partial charge in [0.25, 0.3) is 23.3 Å². The van der Waals surface area contributed by atoms with Crippen LogP contribution >= 0.6 is 11.6 Å². The number of rotatable bonds is 12. The first-order valence-electron chi connectivity index (χ1n) is 22.2. The highest BCUT2D eigenvalue weighted by molar-refractivity contribution is 6.33. The molecule has 18 nitrogen and oxygen atoms in total. The Balaban J connectivity index is 0.777. The standard InChI is InChI=1S/C46H53ClN10O8/c1-26(2)56-33-6-5-29(17-28(33)18-36(43(56)62)65-23-38(59)48-3)50-40-32(47)21-49-45(52-40)54-13-9-27(10-14-54)22-53-15-11-46(12-16-53)24-55(25-46)30-19-31-39(35(20-30)64-4)44(63)57(42(31)61)34-7-8-37(58)51-41(34)60/h5-6,17-21,26-27,34H,7-16,22-25H2,1-4H3,(H,48,59)(H,49,50,52)(H,51,58,60). The van der Waals surface area contributed by atoms with Crippen molar-refractivity contribution in [3.05, 3.63) is 69.1 Å². The number of halogens is 1. The zero-order valence-electron chi connectivity index (χ0n) is 36.9. The molecule has 0 radical (unpaired) electrons. The summed E-state index contributed by atoms with van der Waals surface area (Å²) in [5.74, 6) is -0.495. The van der Waals surface area contributed by atoms with Gasteiger partial charge in [0, 0.05) is 80.5 Å². The van der Waals surface area contributed by atoms with Crippen molar-refractivity contribution in [2.24, 2.45) is 11.3 Å². The SMILES string of the molecule is CNC(=O)COc1cc2cc(Nc3nc(N4CCC(CN5CCC6(CC5)CN(c5cc(OC)c7c(c5)C(=O)N(C5CCC(=O)NC5=O)C7=O)C6)CC4)ncc3Cl)ccc2n(C(C)C)c1=O. The van der Waals surface area contributed by atoms with Gasteiger partial charge < -0.3 is 39.4 Å². The topological polar surface area (TPSA) is 201 Å². The monoisotopic (exact) mass is 908 g/mol. The van der Waals surface area contributed by atoms with Gasteiger partial charge in [-0.15, -0.1) is 0 Å². The molecule has 5 amide bonds. The van der Waals surface area contributed by atoms with Crippen LogP contribution < -0.4 is 40.8 Å². The second-order valence-corrected chi connectivity index (χ2v) is 18.5. The summed E-state index contributed by atoms with van der Waals surface area (Å²) in [6, 6.07) is 9.66. The number of ether oxygens (including phenoxy) is 2. The molecule has 0 bridgehead atoms. The summed E-state index contributed by atoms with van der Waals surface area (Å²) in [5, 5.41) is 9.22. The van der Waals surface area contributed by atoms with Gasteiger partial charge in [-0.3, -0.25) is 39.0 Å². The second kappa shape index (κ2) is 17.6. The molecular weight excluding hydrogens is 856 g/mol. The van der Waals surface area contributed by atoms with Crippen molar-refractivity contribution >= 4 is 75.2 Å². The minimum atomic E-state index is -1.04. The summed E-state index contributed by atoms with van der Waals surface area (Å²) in [7, 11) is 2.98. The third-order valence-corrected chi connectivity index (χ3v) is 13.9. The Hall–Kier alpha value is -6.27. The molecule has 4 aromatic rings. The van der Waals surface area contributed by atoms with E-state index in [0.717, 1.165) is 93.0 Å². The number of anilines is 4. The fourth-order valence-corrected chi connectivity index (χ4v) is 10.1. The van der Waals surface area contributed by atoms with Crippen LogP contribution in [0.4, 0.5) is 23.1 Å². The number of benzene rings is 2. The first-order valence-corrected chi connectivity index (χ1v) is 22.6. The van der Waals surface area contributed by atoms with Gasteiger partial charge in [0.2, 0.25) is 17.8 Å². The molecule has 4 saturated heterocycles. The Kier molecular flexibility index (Phi) is 11.9. The maximum absolute atomic E-state index is 13.6. The molecule has 5 aliphatic heterocycles. The minimum absolute atomic E-state index is 0.0594. The number of nitrogens with one attached hydrogen (secondary N) is 3. The van der Waals surface area contributed by atoms with E-state index in [1.54, 1.807) is 22.9 Å². The van der Waals surface area contributed by atoms with E-state index in [2.05, 4.69) is 35.6 Å². The van der Waals surface area contributed by atoms with Gasteiger partial charge in [0.05, 0.1) is 30.0 Å². The van der Waals surface area contributed by atoms with Crippen molar-refractivity contribution in [1.29, 1.82) is 0 Å². The van der Waals surface area contributed by atoms with Crippen molar-refractivity contribution < 1.29 is 33.4 Å². The van der Waals surface area contributed by atoms with Crippen LogP contribution in [-0.4, -0.2) is 126 Å². The molecule has 1 spiro atoms. The van der Waals surface area contributed by atoms with E-state index >= 15 is 0 Å². The summed E-state index contributed by atoms with van der Waals surface area (Å²) in [4.78, 5) is 93.9. The smallest absolute Gasteiger partial charge is 0.293 e. The van der Waals surface area contributed by atoms with Crippen molar-refractivity contribution in [3.63, 3.8) is 0 Å². The number of carbonyl (C=O) groups is 5. The molecule has 5 aliphatic rings. The van der Waals surface area contributed by atoms with E-state index in [-0.39, 0.29) is 59.2 Å². The predicted molar refractivity (Wildman–Crippen MR) is 243 cm³/mol. The molecular formula is C46H53ClN10O8. The average Bonchev–Trinajstić information content (AvgIpc) is 3.53. The molecule has 2 aromatic carbocycles. The lowest BCUT2D eigenvalue weighted by Crippen LogP contribution is -2.60. The molecule has 3 N–H and O–H groups in total. The van der Waals surface area contributed by atoms with Gasteiger partial charge in [-0.1, -0.05) is 11.6 Å². The number of hydrogen-bond acceptors (Lipinski definition) is 14. The number of amides is 5. The lowest BCUT2D eigenvalue weighted by atomic mass is 9.71. The van der Waals surface area contributed by atoms with Crippen molar-refractivity contribution in [1.82, 2.24) is 35.0 Å². The van der Waals surface area contributed by atoms with Crippen LogP contribution in [0.5, 0.6) is 11.5 Å². The molecule has 0 aliphatic carbocycles. The molecule has 1 atom stereocenters. The number of piperidine rings is 3. The number of carbonyl (C=O) groups excluding carboxylic acids is 5. The molecule has 2 aromatic heterocycles. The Morgan fingerprint density at radius 1 is 0.954 bits per heavy atom. The van der Waals surface area contributed by atoms with Crippen molar-refractivity contribution in [2.45, 2.75) is 64.5 Å². The molecule has 1 unspecified atom stereocenters. The molecule has 9 rings (SSSR count). The van der Waals surface area contributed by atoms with Crippen LogP contribution in [0.1, 0.15) is 79.1 Å². The molecule has 4 fully saturated rings. The quantitative estimate of drug-likeness (QED) is 0.172. The van der Waals surface area contributed by atoms with E-state index in [1.807, 2.05) is 38.1 Å². The third kappa shape index (κ3) is 8.44. The first kappa shape index (κ1) is 44.0. The zero-order chi connectivity index (χ0) is 45.7. The van der Waals surface area contributed by atoms with Crippen molar-refractivity contribution in [3.8, 4) is 11.5 Å². The normalized spacial score (nSPS) is 20.0. The largest absolute Gasteiger partial charge is 0.496 e. The van der Waals surface area contributed by atoms with Crippen LogP contribution in [0.15, 0.2) is 47.4 Å². The first-order chi connectivity index (χ1) is 31.2. The number of aromatic nitrogens is 3. The zero-order valence-corrected chi connectivity index (χ0v) is 37.7. The number of hydrogen-bond donors (Lipinski definition) is 3. The fourth-order valence-electron chi connectivity index (χ4n) is 10.0. The van der Waals surface area contributed by atoms with Crippen LogP contribution in [0, 0.1) is 11.3 Å². The average molecular weight is 909 g/mol. The molecule has 342 valence electrons. The van der Waals surface area contributed by atoms with Crippen molar-refractivity contribution in [2.75, 3.05) is 81.7 Å². The van der Waals surface area contributed by atoms with E-state index in [4.69, 9.17) is 26.1 Å². The van der Waals surface area contributed by atoms with Gasteiger partial charge in [-0.05, 0) is 95.3 Å². The Labute approximate surface area is 380 Å². The van der Waals surface area contributed by atoms with Crippen LogP contribution in [0.3, 0.4) is 0 Å². The molecule has 19 heteroatoms. The lowest BCUT2D eigenvalue weighted by molar-refractivity contribution is -0.136. The van der Waals surface area contributed by atoms with E-state index < -0.39 is 29.7 Å². The van der Waals surface area contributed by atoms with E-state index in [0.29, 0.717) is 34.1 Å². The second-order valence-electron chi connectivity index (χ2n) is 18.1. The Morgan fingerprint density at radius 3 is 2.40 bits per heavy atom. The van der Waals surface area contributed by atoms with Crippen LogP contribution in [-0.2, 0) is 14.4 Å². The predicted octanol–water partition coefficient (Wildman–Crippen LogP) is 4.12. The maximum atomic E-state index is 13.6. The number of likely N-dealkylation sites (N-methyl/N-ethyl adjacent to an activating group) is 1. The van der Waals surface area contributed by atoms with Gasteiger partial charge in [0.1, 0.15) is 16.8 Å². The number of imide groups is 2. The molecule has 7 heterocycles. The highest BCUT2D eigenvalue weighted by Gasteiger charge is 2.49. The number of pyridine rings is 1. The summed E-state index contributed by atoms with van der Waals surface area (Å²) in [6.45, 7) is 9.97. The Bertz CT molecular complexity index is 2650. The van der Waals surface area contributed by atoms with Gasteiger partial charge >= 0.3 is 0 Å². The maximum Gasteiger partial charge on any atom is 0.293 e. The summed E-state index contributed by atoms with van der Waals surface area (Å²) < 4.78 is 12.9. The van der Waals surface area contributed by atoms with Crippen LogP contribution in [0.25, 0.3) is 10.9 Å². The molecule has 65 heavy (non-hydrogen) atoms. The lowest BCUT2D eigenvalue weighted by Gasteiger charge is -2.55. The number of nitrogens with zero attached hydrogens (tertiary/aromatic N) is 7. The summed E-state index contributed by atoms with van der Waals surface area (Å²) in [5.41, 5.74) is 2.51. The molecule has 0 saturated carbocycles. The fraction of sp³-hybridized carbons (Fsp3) is 0.478. The Morgan fingerprint density at radius 2 is 1.71 bits per heavy atom. The highest BCUT2D eigenvalue weighted by atomic mass is 35.5. The number of fused-ring (bicyclic) bond motifs is 2. The third-order valence-electron chi connectivity index (χ3n) is 13.6. The number of methoxy groups -OCH3 is 1. The minimum Gasteiger partial charge on any atom is -0.496 e. The summed E-state index contributed by atoms with van der Waals surface area (Å²) in [6.07, 6.45) is 5.94. The van der Waals surface area contributed by atoms with Gasteiger partial charge in [0.15, 0.2) is 18.2 Å². The van der Waals surface area contributed by atoms with Crippen LogP contribution in [0.2, 0.25) is 5.02 Å².